The van der Waals surface area contributed by atoms with Crippen LogP contribution in [0.25, 0.3) is 0 Å². The molecule has 0 unspecified atom stereocenters. The van der Waals surface area contributed by atoms with Crippen molar-refractivity contribution in [1.29, 1.82) is 0 Å². The Hall–Kier alpha value is -2.46. The maximum Gasteiger partial charge on any atom is 0.416 e. The summed E-state index contributed by atoms with van der Waals surface area (Å²) in [6, 6.07) is 8.57. The number of carbonyl (C=O) groups is 1. The quantitative estimate of drug-likeness (QED) is 0.621. The van der Waals surface area contributed by atoms with Gasteiger partial charge < -0.3 is 10.1 Å². The van der Waals surface area contributed by atoms with Crippen molar-refractivity contribution in [3.63, 3.8) is 0 Å². The molecule has 0 aliphatic heterocycles. The second kappa shape index (κ2) is 9.57. The van der Waals surface area contributed by atoms with Crippen LogP contribution in [0, 0.1) is 0 Å². The summed E-state index contributed by atoms with van der Waals surface area (Å²) in [4.78, 5) is 12.1. The summed E-state index contributed by atoms with van der Waals surface area (Å²) in [5, 5.41) is 2.72. The molecule has 2 aromatic rings. The number of amides is 1. The fraction of sp³-hybridized carbons (Fsp3) is 0.316. The van der Waals surface area contributed by atoms with Crippen LogP contribution in [-0.2, 0) is 21.0 Å². The normalized spacial score (nSPS) is 11.8. The van der Waals surface area contributed by atoms with E-state index in [4.69, 9.17) is 16.3 Å². The van der Waals surface area contributed by atoms with Gasteiger partial charge in [-0.3, -0.25) is 9.10 Å². The number of anilines is 2. The van der Waals surface area contributed by atoms with E-state index in [1.807, 2.05) is 0 Å². The summed E-state index contributed by atoms with van der Waals surface area (Å²) in [6.45, 7) is 0.0158. The Morgan fingerprint density at radius 2 is 1.80 bits per heavy atom. The Morgan fingerprint density at radius 3 is 2.30 bits per heavy atom. The van der Waals surface area contributed by atoms with Gasteiger partial charge in [-0.2, -0.15) is 13.2 Å². The van der Waals surface area contributed by atoms with Crippen molar-refractivity contribution in [2.45, 2.75) is 19.0 Å². The third-order valence-corrected chi connectivity index (χ3v) is 5.57. The first kappa shape index (κ1) is 23.8. The molecule has 0 bridgehead atoms. The van der Waals surface area contributed by atoms with E-state index >= 15 is 0 Å². The molecule has 0 atom stereocenters. The zero-order valence-corrected chi connectivity index (χ0v) is 17.7. The summed E-state index contributed by atoms with van der Waals surface area (Å²) in [7, 11) is -2.20. The van der Waals surface area contributed by atoms with Crippen molar-refractivity contribution in [2.24, 2.45) is 0 Å². The number of hydrogen-bond acceptors (Lipinski definition) is 4. The van der Waals surface area contributed by atoms with Gasteiger partial charge in [0, 0.05) is 18.7 Å². The first-order valence-corrected chi connectivity index (χ1v) is 10.9. The minimum atomic E-state index is -4.46. The van der Waals surface area contributed by atoms with Crippen LogP contribution in [0.15, 0.2) is 42.5 Å². The van der Waals surface area contributed by atoms with Gasteiger partial charge in [-0.1, -0.05) is 11.6 Å². The van der Waals surface area contributed by atoms with Crippen LogP contribution in [0.4, 0.5) is 24.5 Å². The predicted octanol–water partition coefficient (Wildman–Crippen LogP) is 4.55. The molecule has 164 valence electrons. The highest BCUT2D eigenvalue weighted by molar-refractivity contribution is 7.92. The van der Waals surface area contributed by atoms with Crippen LogP contribution in [0.1, 0.15) is 18.4 Å². The van der Waals surface area contributed by atoms with Crippen molar-refractivity contribution in [2.75, 3.05) is 29.5 Å². The van der Waals surface area contributed by atoms with Gasteiger partial charge >= 0.3 is 6.18 Å². The number of halogens is 4. The van der Waals surface area contributed by atoms with Crippen LogP contribution >= 0.6 is 11.6 Å². The number of hydrogen-bond donors (Lipinski definition) is 1. The van der Waals surface area contributed by atoms with Gasteiger partial charge in [0.1, 0.15) is 5.75 Å². The van der Waals surface area contributed by atoms with Gasteiger partial charge in [0.25, 0.3) is 0 Å². The SMILES string of the molecule is COc1ccc(N(CCCC(=O)Nc2ccc(C(F)(F)F)cc2)S(C)(=O)=O)cc1Cl. The number of ether oxygens (including phenoxy) is 1. The Bertz CT molecular complexity index is 996. The summed E-state index contributed by atoms with van der Waals surface area (Å²) in [5.41, 5.74) is -0.274. The minimum absolute atomic E-state index is 0.0158. The molecule has 0 aromatic heterocycles. The average molecular weight is 465 g/mol. The van der Waals surface area contributed by atoms with Crippen molar-refractivity contribution in [3.05, 3.63) is 53.1 Å². The average Bonchev–Trinajstić information content (AvgIpc) is 2.64. The van der Waals surface area contributed by atoms with Crippen molar-refractivity contribution in [1.82, 2.24) is 0 Å². The lowest BCUT2D eigenvalue weighted by Gasteiger charge is -2.23. The Morgan fingerprint density at radius 1 is 1.17 bits per heavy atom. The minimum Gasteiger partial charge on any atom is -0.495 e. The van der Waals surface area contributed by atoms with E-state index in [9.17, 15) is 26.4 Å². The highest BCUT2D eigenvalue weighted by Crippen LogP contribution is 2.31. The molecular formula is C19H20ClF3N2O4S. The molecule has 1 N–H and O–H groups in total. The molecule has 0 spiro atoms. The van der Waals surface area contributed by atoms with E-state index in [1.165, 1.54) is 25.3 Å². The van der Waals surface area contributed by atoms with Crippen molar-refractivity contribution < 1.29 is 31.1 Å². The Balaban J connectivity index is 1.98. The third-order valence-electron chi connectivity index (χ3n) is 4.08. The number of sulfonamides is 1. The molecule has 30 heavy (non-hydrogen) atoms. The standard InChI is InChI=1S/C19H20ClF3N2O4S/c1-29-17-10-9-15(12-16(17)20)25(30(2,27)28)11-3-4-18(26)24-14-7-5-13(6-8-14)19(21,22)23/h5-10,12H,3-4,11H2,1-2H3,(H,24,26). The monoisotopic (exact) mass is 464 g/mol. The van der Waals surface area contributed by atoms with E-state index < -0.39 is 27.7 Å². The fourth-order valence-corrected chi connectivity index (χ4v) is 3.86. The molecule has 2 aromatic carbocycles. The van der Waals surface area contributed by atoms with Crippen LogP contribution in [0.3, 0.4) is 0 Å². The number of nitrogens with one attached hydrogen (secondary N) is 1. The Labute approximate surface area is 177 Å². The van der Waals surface area contributed by atoms with Crippen molar-refractivity contribution in [3.8, 4) is 5.75 Å². The predicted molar refractivity (Wildman–Crippen MR) is 110 cm³/mol. The number of rotatable bonds is 8. The topological polar surface area (TPSA) is 75.7 Å². The Kier molecular flexibility index (Phi) is 7.59. The van der Waals surface area contributed by atoms with Gasteiger partial charge in [-0.05, 0) is 48.9 Å². The van der Waals surface area contributed by atoms with E-state index in [0.29, 0.717) is 11.4 Å². The van der Waals surface area contributed by atoms with Crippen molar-refractivity contribution >= 4 is 38.9 Å². The fourth-order valence-electron chi connectivity index (χ4n) is 2.65. The summed E-state index contributed by atoms with van der Waals surface area (Å²) in [5.74, 6) is -0.0549. The highest BCUT2D eigenvalue weighted by Gasteiger charge is 2.30. The van der Waals surface area contributed by atoms with Crippen LogP contribution in [0.2, 0.25) is 5.02 Å². The lowest BCUT2D eigenvalue weighted by atomic mass is 10.2. The molecule has 0 fully saturated rings. The van der Waals surface area contributed by atoms with E-state index in [2.05, 4.69) is 5.32 Å². The van der Waals surface area contributed by atoms with Crippen LogP contribution in [-0.4, -0.2) is 34.2 Å². The molecule has 0 aliphatic carbocycles. The summed E-state index contributed by atoms with van der Waals surface area (Å²) < 4.78 is 68.1. The number of nitrogens with zero attached hydrogens (tertiary/aromatic N) is 1. The first-order chi connectivity index (χ1) is 13.9. The second-order valence-electron chi connectivity index (χ2n) is 6.38. The molecule has 1 amide bonds. The maximum absolute atomic E-state index is 12.6. The molecule has 2 rings (SSSR count). The van der Waals surface area contributed by atoms with E-state index in [0.717, 1.165) is 34.8 Å². The highest BCUT2D eigenvalue weighted by atomic mass is 35.5. The second-order valence-corrected chi connectivity index (χ2v) is 8.69. The van der Waals surface area contributed by atoms with Crippen LogP contribution in [0.5, 0.6) is 5.75 Å². The molecule has 0 aliphatic rings. The van der Waals surface area contributed by atoms with Gasteiger partial charge in [0.15, 0.2) is 0 Å². The molecule has 0 radical (unpaired) electrons. The molecule has 0 heterocycles. The number of methoxy groups -OCH3 is 1. The smallest absolute Gasteiger partial charge is 0.416 e. The number of carbonyl (C=O) groups excluding carboxylic acids is 1. The van der Waals surface area contributed by atoms with E-state index in [-0.39, 0.29) is 30.1 Å². The lowest BCUT2D eigenvalue weighted by molar-refractivity contribution is -0.137. The summed E-state index contributed by atoms with van der Waals surface area (Å²) >= 11 is 6.06. The van der Waals surface area contributed by atoms with E-state index in [1.54, 1.807) is 0 Å². The van der Waals surface area contributed by atoms with Gasteiger partial charge in [-0.15, -0.1) is 0 Å². The summed E-state index contributed by atoms with van der Waals surface area (Å²) in [6.07, 6.45) is -3.27. The van der Waals surface area contributed by atoms with Gasteiger partial charge in [0.2, 0.25) is 15.9 Å². The molecular weight excluding hydrogens is 445 g/mol. The molecule has 11 heteroatoms. The largest absolute Gasteiger partial charge is 0.495 e. The van der Waals surface area contributed by atoms with Crippen LogP contribution < -0.4 is 14.4 Å². The molecule has 6 nitrogen and oxygen atoms in total. The van der Waals surface area contributed by atoms with Gasteiger partial charge in [0.05, 0.1) is 29.6 Å². The third kappa shape index (κ3) is 6.53. The number of alkyl halides is 3. The molecule has 0 saturated heterocycles. The van der Waals surface area contributed by atoms with Gasteiger partial charge in [-0.25, -0.2) is 8.42 Å². The zero-order valence-electron chi connectivity index (χ0n) is 16.2. The maximum atomic E-state index is 12.6. The molecule has 0 saturated carbocycles. The number of benzene rings is 2. The first-order valence-electron chi connectivity index (χ1n) is 8.70. The lowest BCUT2D eigenvalue weighted by Crippen LogP contribution is -2.31. The zero-order chi connectivity index (χ0) is 22.5.